The lowest BCUT2D eigenvalue weighted by Crippen LogP contribution is -2.41. The Morgan fingerprint density at radius 2 is 1.90 bits per heavy atom. The predicted molar refractivity (Wildman–Crippen MR) is 75.3 cm³/mol. The van der Waals surface area contributed by atoms with Gasteiger partial charge in [0.15, 0.2) is 0 Å². The first kappa shape index (κ1) is 18.2. The maximum Gasteiger partial charge on any atom is 0.380 e. The minimum atomic E-state index is -5.15. The van der Waals surface area contributed by atoms with Crippen molar-refractivity contribution in [3.05, 3.63) is 30.1 Å². The zero-order valence-electron chi connectivity index (χ0n) is 11.7. The van der Waals surface area contributed by atoms with Crippen molar-refractivity contribution < 1.29 is 31.7 Å². The molecule has 1 aromatic heterocycles. The molecule has 1 aromatic rings. The van der Waals surface area contributed by atoms with Gasteiger partial charge in [0.1, 0.15) is 0 Å². The highest BCUT2D eigenvalue weighted by atomic mass is 32.2. The van der Waals surface area contributed by atoms with Gasteiger partial charge < -0.3 is 14.2 Å². The number of aliphatic hydroxyl groups is 1. The van der Waals surface area contributed by atoms with Crippen LogP contribution in [0.1, 0.15) is 19.4 Å². The van der Waals surface area contributed by atoms with Crippen molar-refractivity contribution in [1.29, 1.82) is 0 Å². The molecule has 1 heterocycles. The Morgan fingerprint density at radius 3 is 2.29 bits per heavy atom. The molecule has 8 nitrogen and oxygen atoms in total. The summed E-state index contributed by atoms with van der Waals surface area (Å²) in [7, 11) is -9.69. The van der Waals surface area contributed by atoms with Gasteiger partial charge in [0.2, 0.25) is 0 Å². The van der Waals surface area contributed by atoms with Crippen LogP contribution < -0.4 is 0 Å². The normalized spacial score (nSPS) is 15.6. The third kappa shape index (κ3) is 3.88. The van der Waals surface area contributed by atoms with Crippen LogP contribution in [0.4, 0.5) is 0 Å². The van der Waals surface area contributed by atoms with Crippen molar-refractivity contribution >= 4 is 17.7 Å². The molecule has 0 aliphatic carbocycles. The van der Waals surface area contributed by atoms with E-state index in [1.807, 2.05) is 0 Å². The lowest BCUT2D eigenvalue weighted by atomic mass is 10.2. The fourth-order valence-corrected chi connectivity index (χ4v) is 5.01. The average Bonchev–Trinajstić information content (AvgIpc) is 2.39. The van der Waals surface area contributed by atoms with Gasteiger partial charge in [-0.15, -0.1) is 0 Å². The second kappa shape index (κ2) is 6.95. The first-order chi connectivity index (χ1) is 9.70. The van der Waals surface area contributed by atoms with E-state index >= 15 is 0 Å². The standard InChI is InChI=1S/C11H18NO7PS/c1-3-18-20(14,19-4-2)11(13,21(15,16)17)8-10-6-5-7-12-9-10/h5-7,9,13H,3-4,8H2,1-2H3,(H,15,16,17). The summed E-state index contributed by atoms with van der Waals surface area (Å²) in [4.78, 5) is 3.77. The second-order valence-corrected chi connectivity index (χ2v) is 8.27. The fraction of sp³-hybridized carbons (Fsp3) is 0.545. The average molecular weight is 339 g/mol. The molecule has 0 saturated carbocycles. The zero-order chi connectivity index (χ0) is 16.1. The molecule has 1 atom stereocenters. The number of hydrogen-bond donors (Lipinski definition) is 2. The summed E-state index contributed by atoms with van der Waals surface area (Å²) in [6, 6.07) is 2.97. The van der Waals surface area contributed by atoms with Gasteiger partial charge in [-0.25, -0.2) is 0 Å². The summed E-state index contributed by atoms with van der Waals surface area (Å²) in [5, 5.41) is 10.4. The number of hydrogen-bond acceptors (Lipinski definition) is 7. The molecule has 0 amide bonds. The summed E-state index contributed by atoms with van der Waals surface area (Å²) in [6.45, 7) is 2.59. The summed E-state index contributed by atoms with van der Waals surface area (Å²) in [5.74, 6) is 0. The highest BCUT2D eigenvalue weighted by Gasteiger charge is 2.59. The smallest absolute Gasteiger partial charge is 0.363 e. The molecule has 2 N–H and O–H groups in total. The van der Waals surface area contributed by atoms with E-state index in [-0.39, 0.29) is 18.8 Å². The Bertz CT molecular complexity index is 596. The van der Waals surface area contributed by atoms with Crippen LogP contribution in [-0.2, 0) is 30.2 Å². The van der Waals surface area contributed by atoms with Crippen molar-refractivity contribution in [2.45, 2.75) is 24.9 Å². The second-order valence-electron chi connectivity index (χ2n) is 4.09. The largest absolute Gasteiger partial charge is 0.380 e. The number of aromatic nitrogens is 1. The first-order valence-corrected chi connectivity index (χ1v) is 9.16. The van der Waals surface area contributed by atoms with Crippen LogP contribution in [0.3, 0.4) is 0 Å². The molecule has 1 unspecified atom stereocenters. The first-order valence-electron chi connectivity index (χ1n) is 6.17. The molecule has 0 aliphatic heterocycles. The Hall–Kier alpha value is -0.830. The van der Waals surface area contributed by atoms with E-state index in [4.69, 9.17) is 9.05 Å². The van der Waals surface area contributed by atoms with Gasteiger partial charge in [0.05, 0.1) is 13.2 Å². The SMILES string of the molecule is CCOP(=O)(OCC)C(O)(Cc1cccnc1)S(=O)(=O)O. The van der Waals surface area contributed by atoms with E-state index in [9.17, 15) is 22.6 Å². The van der Waals surface area contributed by atoms with Gasteiger partial charge in [0.25, 0.3) is 4.67 Å². The summed E-state index contributed by atoms with van der Waals surface area (Å²) in [6.07, 6.45) is 2.04. The molecular formula is C11H18NO7PS. The van der Waals surface area contributed by atoms with Crippen molar-refractivity contribution in [2.75, 3.05) is 13.2 Å². The lowest BCUT2D eigenvalue weighted by Gasteiger charge is -2.31. The van der Waals surface area contributed by atoms with E-state index in [0.717, 1.165) is 0 Å². The molecule has 0 aliphatic rings. The maximum atomic E-state index is 12.6. The van der Waals surface area contributed by atoms with Gasteiger partial charge in [-0.1, -0.05) is 6.07 Å². The number of rotatable bonds is 8. The maximum absolute atomic E-state index is 12.6. The third-order valence-corrected chi connectivity index (χ3v) is 7.14. The van der Waals surface area contributed by atoms with Crippen molar-refractivity contribution in [3.63, 3.8) is 0 Å². The molecule has 10 heteroatoms. The summed E-state index contributed by atoms with van der Waals surface area (Å²) >= 11 is 0. The molecule has 0 fully saturated rings. The highest BCUT2D eigenvalue weighted by molar-refractivity contribution is 7.95. The van der Waals surface area contributed by atoms with Gasteiger partial charge in [-0.3, -0.25) is 14.1 Å². The molecule has 21 heavy (non-hydrogen) atoms. The summed E-state index contributed by atoms with van der Waals surface area (Å²) in [5.41, 5.74) is 0.247. The minimum Gasteiger partial charge on any atom is -0.363 e. The van der Waals surface area contributed by atoms with Crippen LogP contribution in [0, 0.1) is 0 Å². The van der Waals surface area contributed by atoms with Crippen LogP contribution in [0.5, 0.6) is 0 Å². The van der Waals surface area contributed by atoms with E-state index in [1.165, 1.54) is 38.4 Å². The third-order valence-electron chi connectivity index (χ3n) is 2.60. The minimum absolute atomic E-state index is 0.165. The molecule has 0 bridgehead atoms. The van der Waals surface area contributed by atoms with Crippen molar-refractivity contribution in [3.8, 4) is 0 Å². The van der Waals surface area contributed by atoms with Crippen molar-refractivity contribution in [2.24, 2.45) is 0 Å². The van der Waals surface area contributed by atoms with E-state index in [0.29, 0.717) is 0 Å². The Balaban J connectivity index is 3.36. The molecule has 120 valence electrons. The van der Waals surface area contributed by atoms with E-state index in [2.05, 4.69) is 4.98 Å². The van der Waals surface area contributed by atoms with E-state index in [1.54, 1.807) is 0 Å². The van der Waals surface area contributed by atoms with Gasteiger partial charge in [0, 0.05) is 18.8 Å². The van der Waals surface area contributed by atoms with Gasteiger partial charge >= 0.3 is 17.7 Å². The predicted octanol–water partition coefficient (Wildman–Crippen LogP) is 1.42. The number of pyridine rings is 1. The van der Waals surface area contributed by atoms with Gasteiger partial charge in [-0.2, -0.15) is 8.42 Å². The highest BCUT2D eigenvalue weighted by Crippen LogP contribution is 2.61. The monoisotopic (exact) mass is 339 g/mol. The topological polar surface area (TPSA) is 123 Å². The zero-order valence-corrected chi connectivity index (χ0v) is 13.4. The molecule has 0 spiro atoms. The van der Waals surface area contributed by atoms with Crippen LogP contribution >= 0.6 is 7.60 Å². The number of nitrogens with zero attached hydrogens (tertiary/aromatic N) is 1. The van der Waals surface area contributed by atoms with Crippen LogP contribution in [-0.4, -0.2) is 40.9 Å². The van der Waals surface area contributed by atoms with Crippen molar-refractivity contribution in [1.82, 2.24) is 4.98 Å². The molecule has 0 radical (unpaired) electrons. The van der Waals surface area contributed by atoms with Gasteiger partial charge in [-0.05, 0) is 25.5 Å². The molecule has 1 rings (SSSR count). The summed E-state index contributed by atoms with van der Waals surface area (Å²) < 4.78 is 51.8. The quantitative estimate of drug-likeness (QED) is 0.538. The van der Waals surface area contributed by atoms with Crippen LogP contribution in [0.25, 0.3) is 0 Å². The van der Waals surface area contributed by atoms with E-state index < -0.39 is 28.8 Å². The molecular weight excluding hydrogens is 321 g/mol. The lowest BCUT2D eigenvalue weighted by molar-refractivity contribution is 0.116. The molecule has 0 aromatic carbocycles. The van der Waals surface area contributed by atoms with Crippen LogP contribution in [0.2, 0.25) is 0 Å². The Labute approximate surface area is 123 Å². The molecule has 0 saturated heterocycles. The van der Waals surface area contributed by atoms with Crippen LogP contribution in [0.15, 0.2) is 24.5 Å². The fourth-order valence-electron chi connectivity index (χ4n) is 1.68. The Morgan fingerprint density at radius 1 is 1.33 bits per heavy atom. The Kier molecular flexibility index (Phi) is 6.03.